The Morgan fingerprint density at radius 2 is 1.79 bits per heavy atom. The first-order valence-corrected chi connectivity index (χ1v) is 6.74. The van der Waals surface area contributed by atoms with E-state index in [1.165, 1.54) is 0 Å². The Balaban J connectivity index is 2.44. The fourth-order valence-corrected chi connectivity index (χ4v) is 2.41. The molecule has 3 nitrogen and oxygen atoms in total. The van der Waals surface area contributed by atoms with Crippen molar-refractivity contribution < 1.29 is 0 Å². The fourth-order valence-electron chi connectivity index (χ4n) is 1.88. The molecule has 1 unspecified atom stereocenters. The quantitative estimate of drug-likeness (QED) is 0.929. The minimum Gasteiger partial charge on any atom is -0.313 e. The van der Waals surface area contributed by atoms with E-state index < -0.39 is 0 Å². The number of benzene rings is 1. The first-order valence-electron chi connectivity index (χ1n) is 5.98. The minimum atomic E-state index is 0.219. The molecule has 0 radical (unpaired) electrons. The van der Waals surface area contributed by atoms with Gasteiger partial charge in [0.25, 0.3) is 0 Å². The van der Waals surface area contributed by atoms with Crippen LogP contribution in [-0.2, 0) is 0 Å². The van der Waals surface area contributed by atoms with Crippen LogP contribution in [0, 0.1) is 6.92 Å². The second-order valence-corrected chi connectivity index (χ2v) is 5.28. The summed E-state index contributed by atoms with van der Waals surface area (Å²) < 4.78 is 0. The zero-order valence-electron chi connectivity index (χ0n) is 11.0. The van der Waals surface area contributed by atoms with Crippen molar-refractivity contribution in [3.8, 4) is 11.4 Å². The van der Waals surface area contributed by atoms with Crippen molar-refractivity contribution in [2.75, 3.05) is 7.05 Å². The van der Waals surface area contributed by atoms with Crippen LogP contribution in [0.3, 0.4) is 0 Å². The monoisotopic (exact) mass is 295 g/mol. The van der Waals surface area contributed by atoms with Crippen LogP contribution in [-0.4, -0.2) is 17.0 Å². The summed E-state index contributed by atoms with van der Waals surface area (Å²) in [5.41, 5.74) is 2.85. The van der Waals surface area contributed by atoms with Gasteiger partial charge in [0.15, 0.2) is 5.82 Å². The molecule has 2 aromatic rings. The van der Waals surface area contributed by atoms with Crippen molar-refractivity contribution >= 4 is 23.2 Å². The summed E-state index contributed by atoms with van der Waals surface area (Å²) in [4.78, 5) is 8.92. The van der Waals surface area contributed by atoms with E-state index in [-0.39, 0.29) is 6.04 Å². The summed E-state index contributed by atoms with van der Waals surface area (Å²) in [7, 11) is 1.91. The maximum atomic E-state index is 5.99. The Morgan fingerprint density at radius 3 is 2.32 bits per heavy atom. The number of nitrogens with one attached hydrogen (secondary N) is 1. The summed E-state index contributed by atoms with van der Waals surface area (Å²) in [6.07, 6.45) is 1.84. The minimum absolute atomic E-state index is 0.219. The molecule has 1 heterocycles. The summed E-state index contributed by atoms with van der Waals surface area (Å²) in [5, 5.41) is 4.34. The van der Waals surface area contributed by atoms with Gasteiger partial charge in [-0.1, -0.05) is 23.2 Å². The largest absolute Gasteiger partial charge is 0.313 e. The van der Waals surface area contributed by atoms with Crippen molar-refractivity contribution in [1.82, 2.24) is 15.3 Å². The lowest BCUT2D eigenvalue weighted by Crippen LogP contribution is -2.14. The molecule has 0 fully saturated rings. The van der Waals surface area contributed by atoms with Crippen LogP contribution in [0.25, 0.3) is 11.4 Å². The molecule has 0 saturated carbocycles. The zero-order valence-corrected chi connectivity index (χ0v) is 12.5. The van der Waals surface area contributed by atoms with Gasteiger partial charge in [0.05, 0.1) is 0 Å². The van der Waals surface area contributed by atoms with E-state index in [4.69, 9.17) is 23.2 Å². The van der Waals surface area contributed by atoms with Crippen molar-refractivity contribution in [2.24, 2.45) is 0 Å². The maximum Gasteiger partial charge on any atom is 0.159 e. The smallest absolute Gasteiger partial charge is 0.159 e. The van der Waals surface area contributed by atoms with E-state index in [0.29, 0.717) is 15.9 Å². The number of aryl methyl sites for hydroxylation is 1. The van der Waals surface area contributed by atoms with E-state index in [9.17, 15) is 0 Å². The van der Waals surface area contributed by atoms with Crippen LogP contribution in [0.1, 0.15) is 24.2 Å². The molecule has 0 aliphatic carbocycles. The third-order valence-electron chi connectivity index (χ3n) is 3.04. The van der Waals surface area contributed by atoms with Crippen molar-refractivity contribution in [1.29, 1.82) is 0 Å². The highest BCUT2D eigenvalue weighted by Crippen LogP contribution is 2.26. The Labute approximate surface area is 123 Å². The first-order chi connectivity index (χ1) is 9.01. The predicted molar refractivity (Wildman–Crippen MR) is 79.7 cm³/mol. The summed E-state index contributed by atoms with van der Waals surface area (Å²) >= 11 is 12.0. The third kappa shape index (κ3) is 3.24. The van der Waals surface area contributed by atoms with E-state index in [0.717, 1.165) is 16.8 Å². The zero-order chi connectivity index (χ0) is 14.0. The van der Waals surface area contributed by atoms with Gasteiger partial charge in [-0.2, -0.15) is 0 Å². The number of halogens is 2. The van der Waals surface area contributed by atoms with E-state index in [1.807, 2.05) is 32.3 Å². The molecule has 0 saturated heterocycles. The average Bonchev–Trinajstić information content (AvgIpc) is 2.36. The van der Waals surface area contributed by atoms with Gasteiger partial charge in [0.2, 0.25) is 0 Å². The Hall–Kier alpha value is -1.16. The number of rotatable bonds is 3. The summed E-state index contributed by atoms with van der Waals surface area (Å²) in [6.45, 7) is 4.04. The molecule has 1 N–H and O–H groups in total. The molecule has 1 aromatic heterocycles. The second kappa shape index (κ2) is 5.87. The maximum absolute atomic E-state index is 5.99. The normalized spacial score (nSPS) is 12.5. The van der Waals surface area contributed by atoms with Crippen LogP contribution in [0.2, 0.25) is 10.0 Å². The highest BCUT2D eigenvalue weighted by molar-refractivity contribution is 6.35. The number of hydrogen-bond donors (Lipinski definition) is 1. The third-order valence-corrected chi connectivity index (χ3v) is 3.47. The summed E-state index contributed by atoms with van der Waals surface area (Å²) in [5.74, 6) is 0.633. The lowest BCUT2D eigenvalue weighted by atomic mass is 10.1. The van der Waals surface area contributed by atoms with Gasteiger partial charge in [-0.25, -0.2) is 9.97 Å². The number of hydrogen-bond acceptors (Lipinski definition) is 3. The van der Waals surface area contributed by atoms with Gasteiger partial charge in [0, 0.05) is 39.1 Å². The van der Waals surface area contributed by atoms with Crippen molar-refractivity contribution in [3.05, 3.63) is 45.7 Å². The second-order valence-electron chi connectivity index (χ2n) is 4.40. The van der Waals surface area contributed by atoms with Crippen molar-refractivity contribution in [2.45, 2.75) is 19.9 Å². The van der Waals surface area contributed by atoms with Gasteiger partial charge < -0.3 is 5.32 Å². The molecule has 2 rings (SSSR count). The molecule has 0 aliphatic heterocycles. The molecule has 0 aliphatic rings. The SMILES string of the molecule is CNC(C)c1cnc(-c2cc(Cl)cc(Cl)c2)nc1C. The molecule has 0 amide bonds. The van der Waals surface area contributed by atoms with Crippen molar-refractivity contribution in [3.63, 3.8) is 0 Å². The average molecular weight is 296 g/mol. The Morgan fingerprint density at radius 1 is 1.16 bits per heavy atom. The first kappa shape index (κ1) is 14.3. The molecule has 19 heavy (non-hydrogen) atoms. The van der Waals surface area contributed by atoms with Gasteiger partial charge in [-0.05, 0) is 39.1 Å². The van der Waals surface area contributed by atoms with Gasteiger partial charge in [-0.15, -0.1) is 0 Å². The highest BCUT2D eigenvalue weighted by atomic mass is 35.5. The molecule has 0 bridgehead atoms. The van der Waals surface area contributed by atoms with Crippen LogP contribution in [0.5, 0.6) is 0 Å². The molecular weight excluding hydrogens is 281 g/mol. The molecule has 0 spiro atoms. The van der Waals surface area contributed by atoms with E-state index in [1.54, 1.807) is 6.07 Å². The van der Waals surface area contributed by atoms with Gasteiger partial charge in [-0.3, -0.25) is 0 Å². The molecule has 5 heteroatoms. The summed E-state index contributed by atoms with van der Waals surface area (Å²) in [6, 6.07) is 5.53. The topological polar surface area (TPSA) is 37.8 Å². The number of aromatic nitrogens is 2. The lowest BCUT2D eigenvalue weighted by molar-refractivity contribution is 0.641. The predicted octanol–water partition coefficient (Wildman–Crippen LogP) is 4.04. The van der Waals surface area contributed by atoms with Crippen LogP contribution < -0.4 is 5.32 Å². The van der Waals surface area contributed by atoms with Gasteiger partial charge >= 0.3 is 0 Å². The molecule has 1 aromatic carbocycles. The Kier molecular flexibility index (Phi) is 4.40. The molecule has 100 valence electrons. The van der Waals surface area contributed by atoms with Crippen LogP contribution >= 0.6 is 23.2 Å². The lowest BCUT2D eigenvalue weighted by Gasteiger charge is -2.13. The number of nitrogens with zero attached hydrogens (tertiary/aromatic N) is 2. The fraction of sp³-hybridized carbons (Fsp3) is 0.286. The van der Waals surface area contributed by atoms with Crippen LogP contribution in [0.4, 0.5) is 0 Å². The molecular formula is C14H15Cl2N3. The highest BCUT2D eigenvalue weighted by Gasteiger charge is 2.11. The standard InChI is InChI=1S/C14H15Cl2N3/c1-8(17-3)13-7-18-14(19-9(13)2)10-4-11(15)6-12(16)5-10/h4-8,17H,1-3H3. The Bertz CT molecular complexity index is 579. The van der Waals surface area contributed by atoms with E-state index in [2.05, 4.69) is 22.2 Å². The molecule has 1 atom stereocenters. The van der Waals surface area contributed by atoms with Gasteiger partial charge in [0.1, 0.15) is 0 Å². The van der Waals surface area contributed by atoms with Crippen LogP contribution in [0.15, 0.2) is 24.4 Å². The van der Waals surface area contributed by atoms with E-state index >= 15 is 0 Å².